The first-order valence-electron chi connectivity index (χ1n) is 6.72. The fourth-order valence-corrected chi connectivity index (χ4v) is 3.12. The van der Waals surface area contributed by atoms with Gasteiger partial charge in [-0.25, -0.2) is 0 Å². The molecule has 0 fully saturated rings. The zero-order valence-corrected chi connectivity index (χ0v) is 13.5. The summed E-state index contributed by atoms with van der Waals surface area (Å²) < 4.78 is 0. The maximum absolute atomic E-state index is 6.05. The first kappa shape index (κ1) is 15.5. The van der Waals surface area contributed by atoms with Crippen LogP contribution in [0.2, 0.25) is 5.02 Å². The lowest BCUT2D eigenvalue weighted by molar-refractivity contribution is 0.137. The van der Waals surface area contributed by atoms with Crippen LogP contribution in [0.15, 0.2) is 41.8 Å². The number of nitrogens with zero attached hydrogens (tertiary/aromatic N) is 1. The summed E-state index contributed by atoms with van der Waals surface area (Å²) in [6.45, 7) is 3.77. The van der Waals surface area contributed by atoms with E-state index < -0.39 is 0 Å². The number of likely N-dealkylation sites (N-methyl/N-ethyl adjacent to an activating group) is 1. The van der Waals surface area contributed by atoms with Crippen molar-refractivity contribution >= 4 is 22.9 Å². The highest BCUT2D eigenvalue weighted by atomic mass is 35.5. The van der Waals surface area contributed by atoms with Crippen molar-refractivity contribution in [1.29, 1.82) is 0 Å². The fraction of sp³-hybridized carbons (Fsp3) is 0.375. The summed E-state index contributed by atoms with van der Waals surface area (Å²) in [5, 5.41) is 2.89. The first-order chi connectivity index (χ1) is 9.53. The van der Waals surface area contributed by atoms with Crippen LogP contribution in [-0.4, -0.2) is 24.0 Å². The molecule has 0 spiro atoms. The van der Waals surface area contributed by atoms with Crippen LogP contribution in [-0.2, 0) is 13.0 Å². The number of thiophene rings is 1. The third-order valence-electron chi connectivity index (χ3n) is 3.83. The molecule has 2 N–H and O–H groups in total. The molecular formula is C16H21ClN2S. The topological polar surface area (TPSA) is 29.3 Å². The maximum atomic E-state index is 6.05. The lowest BCUT2D eigenvalue weighted by Gasteiger charge is -2.38. The lowest BCUT2D eigenvalue weighted by Crippen LogP contribution is -2.50. The van der Waals surface area contributed by atoms with E-state index >= 15 is 0 Å². The summed E-state index contributed by atoms with van der Waals surface area (Å²) in [4.78, 5) is 3.70. The average molecular weight is 309 g/mol. The van der Waals surface area contributed by atoms with E-state index in [0.29, 0.717) is 6.54 Å². The minimum atomic E-state index is -0.0577. The molecule has 1 aromatic heterocycles. The summed E-state index contributed by atoms with van der Waals surface area (Å²) in [5.41, 5.74) is 7.26. The minimum Gasteiger partial charge on any atom is -0.329 e. The van der Waals surface area contributed by atoms with Crippen LogP contribution in [0.5, 0.6) is 0 Å². The third-order valence-corrected chi connectivity index (χ3v) is 4.95. The highest BCUT2D eigenvalue weighted by Crippen LogP contribution is 2.23. The molecular weight excluding hydrogens is 288 g/mol. The summed E-state index contributed by atoms with van der Waals surface area (Å²) in [7, 11) is 2.14. The van der Waals surface area contributed by atoms with Gasteiger partial charge >= 0.3 is 0 Å². The van der Waals surface area contributed by atoms with Crippen molar-refractivity contribution in [3.05, 3.63) is 57.2 Å². The van der Waals surface area contributed by atoms with Gasteiger partial charge in [0, 0.05) is 28.5 Å². The molecule has 1 atom stereocenters. The number of benzene rings is 1. The van der Waals surface area contributed by atoms with Crippen LogP contribution >= 0.6 is 22.9 Å². The molecule has 0 aliphatic heterocycles. The van der Waals surface area contributed by atoms with Crippen LogP contribution in [0.4, 0.5) is 0 Å². The summed E-state index contributed by atoms with van der Waals surface area (Å²) in [5.74, 6) is 0. The van der Waals surface area contributed by atoms with Gasteiger partial charge in [-0.15, -0.1) is 11.3 Å². The van der Waals surface area contributed by atoms with Crippen molar-refractivity contribution in [3.8, 4) is 0 Å². The molecule has 0 saturated carbocycles. The van der Waals surface area contributed by atoms with Gasteiger partial charge in [0.25, 0.3) is 0 Å². The molecule has 0 amide bonds. The van der Waals surface area contributed by atoms with E-state index in [0.717, 1.165) is 18.0 Å². The van der Waals surface area contributed by atoms with Gasteiger partial charge in [0.2, 0.25) is 0 Å². The fourth-order valence-electron chi connectivity index (χ4n) is 2.23. The van der Waals surface area contributed by atoms with Crippen molar-refractivity contribution in [2.24, 2.45) is 5.73 Å². The van der Waals surface area contributed by atoms with E-state index in [1.165, 1.54) is 10.4 Å². The SMILES string of the molecule is CN(Cc1cccs1)C(C)(CN)Cc1ccc(Cl)cc1. The second-order valence-electron chi connectivity index (χ2n) is 5.44. The Balaban J connectivity index is 2.09. The highest BCUT2D eigenvalue weighted by molar-refractivity contribution is 7.09. The van der Waals surface area contributed by atoms with Crippen molar-refractivity contribution < 1.29 is 0 Å². The second-order valence-corrected chi connectivity index (χ2v) is 6.91. The highest BCUT2D eigenvalue weighted by Gasteiger charge is 2.28. The van der Waals surface area contributed by atoms with Crippen molar-refractivity contribution in [2.45, 2.75) is 25.4 Å². The maximum Gasteiger partial charge on any atom is 0.0406 e. The lowest BCUT2D eigenvalue weighted by atomic mass is 9.91. The molecule has 1 unspecified atom stereocenters. The summed E-state index contributed by atoms with van der Waals surface area (Å²) in [6.07, 6.45) is 0.919. The monoisotopic (exact) mass is 308 g/mol. The Morgan fingerprint density at radius 1 is 1.25 bits per heavy atom. The molecule has 2 nitrogen and oxygen atoms in total. The van der Waals surface area contributed by atoms with E-state index in [1.807, 2.05) is 12.1 Å². The van der Waals surface area contributed by atoms with Gasteiger partial charge < -0.3 is 5.73 Å². The molecule has 1 heterocycles. The van der Waals surface area contributed by atoms with Gasteiger partial charge in [-0.05, 0) is 49.5 Å². The Bertz CT molecular complexity index is 524. The van der Waals surface area contributed by atoms with Crippen LogP contribution in [0.25, 0.3) is 0 Å². The van der Waals surface area contributed by atoms with E-state index in [-0.39, 0.29) is 5.54 Å². The molecule has 20 heavy (non-hydrogen) atoms. The van der Waals surface area contributed by atoms with E-state index in [4.69, 9.17) is 17.3 Å². The van der Waals surface area contributed by atoms with E-state index in [9.17, 15) is 0 Å². The number of hydrogen-bond donors (Lipinski definition) is 1. The predicted molar refractivity (Wildman–Crippen MR) is 88.4 cm³/mol. The Labute approximate surface area is 130 Å². The normalized spacial score (nSPS) is 14.4. The average Bonchev–Trinajstić information content (AvgIpc) is 2.94. The number of hydrogen-bond acceptors (Lipinski definition) is 3. The van der Waals surface area contributed by atoms with E-state index in [1.54, 1.807) is 11.3 Å². The Morgan fingerprint density at radius 3 is 2.50 bits per heavy atom. The Morgan fingerprint density at radius 2 is 1.95 bits per heavy atom. The van der Waals surface area contributed by atoms with Gasteiger partial charge in [-0.1, -0.05) is 29.8 Å². The smallest absolute Gasteiger partial charge is 0.0406 e. The molecule has 108 valence electrons. The molecule has 0 radical (unpaired) electrons. The van der Waals surface area contributed by atoms with Crippen LogP contribution in [0.3, 0.4) is 0 Å². The van der Waals surface area contributed by atoms with Gasteiger partial charge in [0.05, 0.1) is 0 Å². The van der Waals surface area contributed by atoms with Gasteiger partial charge in [-0.3, -0.25) is 4.90 Å². The minimum absolute atomic E-state index is 0.0577. The summed E-state index contributed by atoms with van der Waals surface area (Å²) in [6, 6.07) is 12.3. The predicted octanol–water partition coefficient (Wildman–Crippen LogP) is 3.79. The molecule has 4 heteroatoms. The largest absolute Gasteiger partial charge is 0.329 e. The van der Waals surface area contributed by atoms with Crippen LogP contribution < -0.4 is 5.73 Å². The number of nitrogens with two attached hydrogens (primary N) is 1. The molecule has 2 rings (SSSR count). The molecule has 0 bridgehead atoms. The molecule has 0 aliphatic rings. The molecule has 0 saturated heterocycles. The number of halogens is 1. The Hall–Kier alpha value is -0.870. The van der Waals surface area contributed by atoms with Crippen molar-refractivity contribution in [2.75, 3.05) is 13.6 Å². The zero-order valence-electron chi connectivity index (χ0n) is 12.0. The quantitative estimate of drug-likeness (QED) is 0.879. The van der Waals surface area contributed by atoms with Crippen molar-refractivity contribution in [3.63, 3.8) is 0 Å². The van der Waals surface area contributed by atoms with Gasteiger partial charge in [0.1, 0.15) is 0 Å². The molecule has 0 aliphatic carbocycles. The Kier molecular flexibility index (Phi) is 5.22. The molecule has 1 aromatic carbocycles. The van der Waals surface area contributed by atoms with Crippen LogP contribution in [0, 0.1) is 0 Å². The third kappa shape index (κ3) is 3.83. The van der Waals surface area contributed by atoms with Gasteiger partial charge in [0.15, 0.2) is 0 Å². The standard InChI is InChI=1S/C16H21ClN2S/c1-16(12-18,10-13-5-7-14(17)8-6-13)19(2)11-15-4-3-9-20-15/h3-9H,10-12,18H2,1-2H3. The van der Waals surface area contributed by atoms with Crippen molar-refractivity contribution in [1.82, 2.24) is 4.90 Å². The zero-order chi connectivity index (χ0) is 14.6. The van der Waals surface area contributed by atoms with Crippen LogP contribution in [0.1, 0.15) is 17.4 Å². The van der Waals surface area contributed by atoms with Gasteiger partial charge in [-0.2, -0.15) is 0 Å². The summed E-state index contributed by atoms with van der Waals surface area (Å²) >= 11 is 7.73. The van der Waals surface area contributed by atoms with E-state index in [2.05, 4.69) is 48.5 Å². The first-order valence-corrected chi connectivity index (χ1v) is 7.97. The molecule has 2 aromatic rings. The second kappa shape index (κ2) is 6.72. The number of rotatable bonds is 6.